The summed E-state index contributed by atoms with van der Waals surface area (Å²) in [5.74, 6) is 0. The van der Waals surface area contributed by atoms with Gasteiger partial charge in [-0.15, -0.1) is 0 Å². The van der Waals surface area contributed by atoms with Crippen molar-refractivity contribution in [2.75, 3.05) is 13.1 Å². The van der Waals surface area contributed by atoms with Crippen LogP contribution in [0.1, 0.15) is 25.3 Å². The summed E-state index contributed by atoms with van der Waals surface area (Å²) in [7, 11) is 0. The molecule has 1 aromatic heterocycles. The van der Waals surface area contributed by atoms with Gasteiger partial charge in [-0.2, -0.15) is 0 Å². The molecule has 0 aliphatic carbocycles. The third kappa shape index (κ3) is 2.82. The Bertz CT molecular complexity index is 542. The van der Waals surface area contributed by atoms with E-state index in [1.165, 1.54) is 19.3 Å². The van der Waals surface area contributed by atoms with E-state index >= 15 is 0 Å². The SMILES string of the molecule is Clc1cccc(-c2cncn2C2CCCCNC2)c1. The molecular weight excluding hydrogens is 258 g/mol. The van der Waals surface area contributed by atoms with Gasteiger partial charge in [-0.1, -0.05) is 30.2 Å². The Morgan fingerprint density at radius 2 is 2.26 bits per heavy atom. The van der Waals surface area contributed by atoms with Gasteiger partial charge in [0.2, 0.25) is 0 Å². The molecule has 0 amide bonds. The Morgan fingerprint density at radius 1 is 1.32 bits per heavy atom. The summed E-state index contributed by atoms with van der Waals surface area (Å²) in [5, 5.41) is 4.27. The Hall–Kier alpha value is -1.32. The van der Waals surface area contributed by atoms with Crippen LogP contribution in [0.2, 0.25) is 5.02 Å². The summed E-state index contributed by atoms with van der Waals surface area (Å²) in [6.45, 7) is 2.14. The maximum Gasteiger partial charge on any atom is 0.0954 e. The average Bonchev–Trinajstić information content (AvgIpc) is 2.75. The number of benzene rings is 1. The van der Waals surface area contributed by atoms with Gasteiger partial charge < -0.3 is 9.88 Å². The van der Waals surface area contributed by atoms with Crippen molar-refractivity contribution in [3.8, 4) is 11.3 Å². The van der Waals surface area contributed by atoms with Gasteiger partial charge in [-0.05, 0) is 31.5 Å². The fourth-order valence-corrected chi connectivity index (χ4v) is 2.90. The summed E-state index contributed by atoms with van der Waals surface area (Å²) in [5.41, 5.74) is 2.28. The van der Waals surface area contributed by atoms with Gasteiger partial charge in [0.1, 0.15) is 0 Å². The second-order valence-corrected chi connectivity index (χ2v) is 5.49. The highest BCUT2D eigenvalue weighted by Crippen LogP contribution is 2.27. The summed E-state index contributed by atoms with van der Waals surface area (Å²) in [6.07, 6.45) is 7.60. The molecule has 1 N–H and O–H groups in total. The summed E-state index contributed by atoms with van der Waals surface area (Å²) >= 11 is 6.08. The lowest BCUT2D eigenvalue weighted by Gasteiger charge is -2.19. The first kappa shape index (κ1) is 12.7. The Kier molecular flexibility index (Phi) is 3.85. The van der Waals surface area contributed by atoms with Crippen molar-refractivity contribution in [1.82, 2.24) is 14.9 Å². The molecule has 1 aliphatic rings. The molecular formula is C15H18ClN3. The zero-order chi connectivity index (χ0) is 13.1. The second-order valence-electron chi connectivity index (χ2n) is 5.05. The van der Waals surface area contributed by atoms with Crippen LogP contribution < -0.4 is 5.32 Å². The summed E-state index contributed by atoms with van der Waals surface area (Å²) < 4.78 is 2.28. The Balaban J connectivity index is 1.93. The molecule has 2 aromatic rings. The molecule has 1 aromatic carbocycles. The normalized spacial score (nSPS) is 20.2. The third-order valence-corrected chi connectivity index (χ3v) is 3.94. The number of halogens is 1. The first-order valence-electron chi connectivity index (χ1n) is 6.83. The number of hydrogen-bond acceptors (Lipinski definition) is 2. The minimum Gasteiger partial charge on any atom is -0.326 e. The maximum atomic E-state index is 6.08. The van der Waals surface area contributed by atoms with Crippen molar-refractivity contribution in [3.63, 3.8) is 0 Å². The number of nitrogens with one attached hydrogen (secondary N) is 1. The first-order chi connectivity index (χ1) is 9.34. The van der Waals surface area contributed by atoms with Gasteiger partial charge in [-0.25, -0.2) is 4.98 Å². The molecule has 100 valence electrons. The highest BCUT2D eigenvalue weighted by atomic mass is 35.5. The number of nitrogens with zero attached hydrogens (tertiary/aromatic N) is 2. The lowest BCUT2D eigenvalue weighted by Crippen LogP contribution is -2.23. The molecule has 1 fully saturated rings. The summed E-state index contributed by atoms with van der Waals surface area (Å²) in [4.78, 5) is 4.33. The van der Waals surface area contributed by atoms with Crippen LogP contribution in [-0.2, 0) is 0 Å². The van der Waals surface area contributed by atoms with Gasteiger partial charge in [0, 0.05) is 23.2 Å². The van der Waals surface area contributed by atoms with Crippen molar-refractivity contribution in [1.29, 1.82) is 0 Å². The van der Waals surface area contributed by atoms with Crippen LogP contribution in [0.25, 0.3) is 11.3 Å². The lowest BCUT2D eigenvalue weighted by atomic mass is 10.1. The van der Waals surface area contributed by atoms with Crippen molar-refractivity contribution in [2.24, 2.45) is 0 Å². The molecule has 1 saturated heterocycles. The van der Waals surface area contributed by atoms with Crippen LogP contribution in [0.4, 0.5) is 0 Å². The minimum absolute atomic E-state index is 0.485. The van der Waals surface area contributed by atoms with Gasteiger partial charge in [0.15, 0.2) is 0 Å². The van der Waals surface area contributed by atoms with E-state index in [4.69, 9.17) is 11.6 Å². The molecule has 1 unspecified atom stereocenters. The topological polar surface area (TPSA) is 29.9 Å². The number of rotatable bonds is 2. The quantitative estimate of drug-likeness (QED) is 0.909. The van der Waals surface area contributed by atoms with Gasteiger partial charge in [0.25, 0.3) is 0 Å². The van der Waals surface area contributed by atoms with Gasteiger partial charge in [0.05, 0.1) is 18.2 Å². The molecule has 0 radical (unpaired) electrons. The van der Waals surface area contributed by atoms with E-state index in [9.17, 15) is 0 Å². The molecule has 1 aliphatic heterocycles. The predicted molar refractivity (Wildman–Crippen MR) is 78.4 cm³/mol. The van der Waals surface area contributed by atoms with Crippen LogP contribution in [0.3, 0.4) is 0 Å². The van der Waals surface area contributed by atoms with Crippen molar-refractivity contribution in [3.05, 3.63) is 41.8 Å². The predicted octanol–water partition coefficient (Wildman–Crippen LogP) is 3.52. The fourth-order valence-electron chi connectivity index (χ4n) is 2.71. The van der Waals surface area contributed by atoms with E-state index in [1.54, 1.807) is 0 Å². The maximum absolute atomic E-state index is 6.08. The number of imidazole rings is 1. The molecule has 19 heavy (non-hydrogen) atoms. The standard InChI is InChI=1S/C15H18ClN3/c16-13-5-3-4-12(8-13)15-10-18-11-19(15)14-6-1-2-7-17-9-14/h3-5,8,10-11,14,17H,1-2,6-7,9H2. The molecule has 3 nitrogen and oxygen atoms in total. The van der Waals surface area contributed by atoms with Gasteiger partial charge >= 0.3 is 0 Å². The van der Waals surface area contributed by atoms with Crippen LogP contribution in [0, 0.1) is 0 Å². The molecule has 3 rings (SSSR count). The van der Waals surface area contributed by atoms with Crippen LogP contribution in [-0.4, -0.2) is 22.6 Å². The monoisotopic (exact) mass is 275 g/mol. The average molecular weight is 276 g/mol. The van der Waals surface area contributed by atoms with Crippen molar-refractivity contribution < 1.29 is 0 Å². The highest BCUT2D eigenvalue weighted by Gasteiger charge is 2.17. The Morgan fingerprint density at radius 3 is 3.16 bits per heavy atom. The lowest BCUT2D eigenvalue weighted by molar-refractivity contribution is 0.464. The van der Waals surface area contributed by atoms with E-state index in [0.29, 0.717) is 6.04 Å². The minimum atomic E-state index is 0.485. The number of aromatic nitrogens is 2. The van der Waals surface area contributed by atoms with E-state index in [1.807, 2.05) is 30.7 Å². The number of hydrogen-bond donors (Lipinski definition) is 1. The molecule has 0 saturated carbocycles. The molecule has 1 atom stereocenters. The van der Waals surface area contributed by atoms with E-state index in [2.05, 4.69) is 20.9 Å². The van der Waals surface area contributed by atoms with E-state index in [0.717, 1.165) is 29.4 Å². The highest BCUT2D eigenvalue weighted by molar-refractivity contribution is 6.30. The van der Waals surface area contributed by atoms with Crippen molar-refractivity contribution >= 4 is 11.6 Å². The molecule has 2 heterocycles. The zero-order valence-corrected chi connectivity index (χ0v) is 11.6. The fraction of sp³-hybridized carbons (Fsp3) is 0.400. The van der Waals surface area contributed by atoms with E-state index < -0.39 is 0 Å². The van der Waals surface area contributed by atoms with E-state index in [-0.39, 0.29) is 0 Å². The smallest absolute Gasteiger partial charge is 0.0954 e. The summed E-state index contributed by atoms with van der Waals surface area (Å²) in [6, 6.07) is 8.46. The van der Waals surface area contributed by atoms with Crippen molar-refractivity contribution in [2.45, 2.75) is 25.3 Å². The Labute approximate surface area is 118 Å². The van der Waals surface area contributed by atoms with Crippen LogP contribution in [0.15, 0.2) is 36.8 Å². The second kappa shape index (κ2) is 5.76. The molecule has 0 spiro atoms. The molecule has 4 heteroatoms. The van der Waals surface area contributed by atoms with Crippen LogP contribution >= 0.6 is 11.6 Å². The van der Waals surface area contributed by atoms with Gasteiger partial charge in [-0.3, -0.25) is 0 Å². The largest absolute Gasteiger partial charge is 0.326 e. The third-order valence-electron chi connectivity index (χ3n) is 3.70. The zero-order valence-electron chi connectivity index (χ0n) is 10.8. The first-order valence-corrected chi connectivity index (χ1v) is 7.21. The molecule has 0 bridgehead atoms. The van der Waals surface area contributed by atoms with Crippen LogP contribution in [0.5, 0.6) is 0 Å².